The summed E-state index contributed by atoms with van der Waals surface area (Å²) in [6.45, 7) is 8.04. The maximum absolute atomic E-state index is 11.2. The molecule has 0 unspecified atom stereocenters. The average molecular weight is 239 g/mol. The number of rotatable bonds is 6. The molecule has 1 aromatic heterocycles. The van der Waals surface area contributed by atoms with Gasteiger partial charge in [0.2, 0.25) is 0 Å². The number of carbonyl (C=O) groups is 1. The van der Waals surface area contributed by atoms with Gasteiger partial charge in [0.1, 0.15) is 6.54 Å². The standard InChI is InChI=1S/C12H21N3O2/c1-5-6-13-7-11-9(2)14-15(10(11)3)8-12(16)17-4/h13H,5-8H2,1-4H3. The minimum absolute atomic E-state index is 0.178. The van der Waals surface area contributed by atoms with Crippen LogP contribution in [0.5, 0.6) is 0 Å². The highest BCUT2D eigenvalue weighted by molar-refractivity contribution is 5.69. The van der Waals surface area contributed by atoms with Gasteiger partial charge in [-0.2, -0.15) is 5.10 Å². The molecule has 0 saturated carbocycles. The Kier molecular flexibility index (Phi) is 5.15. The first-order valence-corrected chi connectivity index (χ1v) is 5.90. The molecule has 1 aromatic rings. The lowest BCUT2D eigenvalue weighted by atomic mass is 10.2. The van der Waals surface area contributed by atoms with Crippen molar-refractivity contribution >= 4 is 5.97 Å². The van der Waals surface area contributed by atoms with E-state index in [-0.39, 0.29) is 12.5 Å². The zero-order chi connectivity index (χ0) is 12.8. The summed E-state index contributed by atoms with van der Waals surface area (Å²) in [6, 6.07) is 0. The van der Waals surface area contributed by atoms with Crippen LogP contribution >= 0.6 is 0 Å². The molecule has 1 N–H and O–H groups in total. The number of nitrogens with zero attached hydrogens (tertiary/aromatic N) is 2. The lowest BCUT2D eigenvalue weighted by molar-refractivity contribution is -0.141. The molecule has 0 bridgehead atoms. The van der Waals surface area contributed by atoms with E-state index in [9.17, 15) is 4.79 Å². The highest BCUT2D eigenvalue weighted by Crippen LogP contribution is 2.12. The van der Waals surface area contributed by atoms with Crippen LogP contribution < -0.4 is 5.32 Å². The third-order valence-corrected chi connectivity index (χ3v) is 2.77. The first-order chi connectivity index (χ1) is 8.10. The van der Waals surface area contributed by atoms with Crippen LogP contribution in [-0.2, 0) is 22.6 Å². The molecule has 17 heavy (non-hydrogen) atoms. The molecule has 96 valence electrons. The van der Waals surface area contributed by atoms with Gasteiger partial charge in [0.25, 0.3) is 0 Å². The van der Waals surface area contributed by atoms with E-state index in [1.54, 1.807) is 4.68 Å². The Labute approximate surface area is 102 Å². The number of hydrogen-bond donors (Lipinski definition) is 1. The number of esters is 1. The Balaban J connectivity index is 2.75. The molecular formula is C12H21N3O2. The third kappa shape index (κ3) is 3.56. The van der Waals surface area contributed by atoms with Crippen molar-refractivity contribution in [2.24, 2.45) is 0 Å². The topological polar surface area (TPSA) is 56.2 Å². The zero-order valence-corrected chi connectivity index (χ0v) is 11.0. The summed E-state index contributed by atoms with van der Waals surface area (Å²) < 4.78 is 6.34. The van der Waals surface area contributed by atoms with Crippen LogP contribution in [-0.4, -0.2) is 29.4 Å². The molecule has 1 rings (SSSR count). The number of nitrogens with one attached hydrogen (secondary N) is 1. The largest absolute Gasteiger partial charge is 0.468 e. The summed E-state index contributed by atoms with van der Waals surface area (Å²) in [5.74, 6) is -0.274. The molecule has 5 nitrogen and oxygen atoms in total. The van der Waals surface area contributed by atoms with Gasteiger partial charge >= 0.3 is 5.97 Å². The van der Waals surface area contributed by atoms with Crippen LogP contribution in [0.2, 0.25) is 0 Å². The summed E-state index contributed by atoms with van der Waals surface area (Å²) in [4.78, 5) is 11.2. The molecule has 5 heteroatoms. The van der Waals surface area contributed by atoms with Gasteiger partial charge in [0, 0.05) is 17.8 Å². The van der Waals surface area contributed by atoms with E-state index >= 15 is 0 Å². The molecule has 0 amide bonds. The van der Waals surface area contributed by atoms with Gasteiger partial charge in [-0.3, -0.25) is 9.48 Å². The first kappa shape index (κ1) is 13.7. The second-order valence-corrected chi connectivity index (χ2v) is 4.06. The van der Waals surface area contributed by atoms with Gasteiger partial charge in [-0.1, -0.05) is 6.92 Å². The Morgan fingerprint density at radius 1 is 1.47 bits per heavy atom. The van der Waals surface area contributed by atoms with Crippen LogP contribution in [0, 0.1) is 13.8 Å². The number of aryl methyl sites for hydroxylation is 1. The molecule has 0 atom stereocenters. The van der Waals surface area contributed by atoms with E-state index in [0.717, 1.165) is 30.9 Å². The van der Waals surface area contributed by atoms with E-state index in [2.05, 4.69) is 22.1 Å². The Morgan fingerprint density at radius 3 is 2.76 bits per heavy atom. The van der Waals surface area contributed by atoms with Gasteiger partial charge in [-0.25, -0.2) is 0 Å². The van der Waals surface area contributed by atoms with Crippen molar-refractivity contribution in [1.82, 2.24) is 15.1 Å². The first-order valence-electron chi connectivity index (χ1n) is 5.90. The Bertz CT molecular complexity index is 385. The molecule has 0 fully saturated rings. The van der Waals surface area contributed by atoms with Gasteiger partial charge in [-0.15, -0.1) is 0 Å². The highest BCUT2D eigenvalue weighted by Gasteiger charge is 2.13. The fourth-order valence-electron chi connectivity index (χ4n) is 1.72. The molecule has 0 saturated heterocycles. The lowest BCUT2D eigenvalue weighted by Gasteiger charge is -2.05. The van der Waals surface area contributed by atoms with Gasteiger partial charge in [-0.05, 0) is 26.8 Å². The number of ether oxygens (including phenoxy) is 1. The summed E-state index contributed by atoms with van der Waals surface area (Å²) in [6.07, 6.45) is 1.11. The molecule has 0 spiro atoms. The SMILES string of the molecule is CCCNCc1c(C)nn(CC(=O)OC)c1C. The van der Waals surface area contributed by atoms with Crippen molar-refractivity contribution in [3.8, 4) is 0 Å². The van der Waals surface area contributed by atoms with Crippen LogP contribution in [0.3, 0.4) is 0 Å². The normalized spacial score (nSPS) is 10.6. The third-order valence-electron chi connectivity index (χ3n) is 2.77. The van der Waals surface area contributed by atoms with Crippen LogP contribution in [0.4, 0.5) is 0 Å². The summed E-state index contributed by atoms with van der Waals surface area (Å²) in [5.41, 5.74) is 3.16. The van der Waals surface area contributed by atoms with E-state index in [4.69, 9.17) is 0 Å². The number of methoxy groups -OCH3 is 1. The maximum atomic E-state index is 11.2. The Hall–Kier alpha value is -1.36. The fraction of sp³-hybridized carbons (Fsp3) is 0.667. The smallest absolute Gasteiger partial charge is 0.327 e. The van der Waals surface area contributed by atoms with Crippen molar-refractivity contribution < 1.29 is 9.53 Å². The monoisotopic (exact) mass is 239 g/mol. The Morgan fingerprint density at radius 2 is 2.18 bits per heavy atom. The molecule has 0 aliphatic carbocycles. The molecule has 0 aliphatic heterocycles. The van der Waals surface area contributed by atoms with E-state index < -0.39 is 0 Å². The van der Waals surface area contributed by atoms with Gasteiger partial charge in [0.05, 0.1) is 12.8 Å². The highest BCUT2D eigenvalue weighted by atomic mass is 16.5. The maximum Gasteiger partial charge on any atom is 0.327 e. The number of carbonyl (C=O) groups excluding carboxylic acids is 1. The minimum atomic E-state index is -0.274. The zero-order valence-electron chi connectivity index (χ0n) is 11.0. The quantitative estimate of drug-likeness (QED) is 0.598. The summed E-state index contributed by atoms with van der Waals surface area (Å²) >= 11 is 0. The lowest BCUT2D eigenvalue weighted by Crippen LogP contribution is -2.16. The van der Waals surface area contributed by atoms with Crippen molar-refractivity contribution in [2.75, 3.05) is 13.7 Å². The van der Waals surface area contributed by atoms with E-state index in [1.165, 1.54) is 12.7 Å². The van der Waals surface area contributed by atoms with Crippen molar-refractivity contribution in [1.29, 1.82) is 0 Å². The minimum Gasteiger partial charge on any atom is -0.468 e. The summed E-state index contributed by atoms with van der Waals surface area (Å²) in [5, 5.41) is 7.70. The molecule has 0 aromatic carbocycles. The molecule has 1 heterocycles. The van der Waals surface area contributed by atoms with Gasteiger partial charge < -0.3 is 10.1 Å². The van der Waals surface area contributed by atoms with Crippen LogP contribution in [0.1, 0.15) is 30.3 Å². The second-order valence-electron chi connectivity index (χ2n) is 4.06. The van der Waals surface area contributed by atoms with Gasteiger partial charge in [0.15, 0.2) is 0 Å². The summed E-state index contributed by atoms with van der Waals surface area (Å²) in [7, 11) is 1.39. The molecular weight excluding hydrogens is 218 g/mol. The fourth-order valence-corrected chi connectivity index (χ4v) is 1.72. The van der Waals surface area contributed by atoms with Crippen LogP contribution in [0.15, 0.2) is 0 Å². The van der Waals surface area contributed by atoms with Crippen molar-refractivity contribution in [3.05, 3.63) is 17.0 Å². The predicted octanol–water partition coefficient (Wildman–Crippen LogP) is 1.17. The number of aromatic nitrogens is 2. The van der Waals surface area contributed by atoms with Crippen molar-refractivity contribution in [3.63, 3.8) is 0 Å². The van der Waals surface area contributed by atoms with E-state index in [1.807, 2.05) is 13.8 Å². The average Bonchev–Trinajstić information content (AvgIpc) is 2.56. The predicted molar refractivity (Wildman–Crippen MR) is 65.7 cm³/mol. The second kappa shape index (κ2) is 6.39. The van der Waals surface area contributed by atoms with Crippen molar-refractivity contribution in [2.45, 2.75) is 40.3 Å². The number of hydrogen-bond acceptors (Lipinski definition) is 4. The van der Waals surface area contributed by atoms with E-state index in [0.29, 0.717) is 0 Å². The molecule has 0 radical (unpaired) electrons. The van der Waals surface area contributed by atoms with Crippen LogP contribution in [0.25, 0.3) is 0 Å². The molecule has 0 aliphatic rings.